The number of benzene rings is 1. The number of likely N-dealkylation sites (N-methyl/N-ethyl adjacent to an activating group) is 1. The Morgan fingerprint density at radius 1 is 1.50 bits per heavy atom. The van der Waals surface area contributed by atoms with Crippen LogP contribution in [0.15, 0.2) is 22.7 Å². The van der Waals surface area contributed by atoms with Crippen molar-refractivity contribution in [3.05, 3.63) is 34.1 Å². The number of nitrogens with two attached hydrogens (primary N) is 1. The van der Waals surface area contributed by atoms with Gasteiger partial charge in [0.2, 0.25) is 5.91 Å². The molecule has 0 aromatic heterocycles. The zero-order valence-corrected chi connectivity index (χ0v) is 12.4. The Kier molecular flexibility index (Phi) is 4.87. The minimum absolute atomic E-state index is 0.155. The summed E-state index contributed by atoms with van der Waals surface area (Å²) in [6.45, 7) is 3.75. The molecule has 0 atom stereocenters. The van der Waals surface area contributed by atoms with Gasteiger partial charge in [-0.1, -0.05) is 15.9 Å². The number of rotatable bonds is 4. The van der Waals surface area contributed by atoms with Crippen LogP contribution in [0.1, 0.15) is 19.4 Å². The molecule has 18 heavy (non-hydrogen) atoms. The summed E-state index contributed by atoms with van der Waals surface area (Å²) in [6.07, 6.45) is 0.462. The van der Waals surface area contributed by atoms with E-state index in [0.29, 0.717) is 18.5 Å². The highest BCUT2D eigenvalue weighted by Crippen LogP contribution is 2.16. The van der Waals surface area contributed by atoms with Gasteiger partial charge in [-0.3, -0.25) is 4.79 Å². The Labute approximate surface area is 115 Å². The zero-order chi connectivity index (χ0) is 13.9. The van der Waals surface area contributed by atoms with Crippen LogP contribution in [-0.4, -0.2) is 29.9 Å². The van der Waals surface area contributed by atoms with Crippen molar-refractivity contribution in [3.8, 4) is 0 Å². The largest absolute Gasteiger partial charge is 0.344 e. The molecule has 1 aromatic rings. The Balaban J connectivity index is 2.65. The first-order chi connectivity index (χ1) is 8.21. The topological polar surface area (TPSA) is 46.3 Å². The van der Waals surface area contributed by atoms with Crippen molar-refractivity contribution in [2.24, 2.45) is 5.73 Å². The lowest BCUT2D eigenvalue weighted by atomic mass is 10.1. The highest BCUT2D eigenvalue weighted by atomic mass is 79.9. The molecule has 1 amide bonds. The summed E-state index contributed by atoms with van der Waals surface area (Å²) >= 11 is 3.30. The molecular formula is C13H18BrFN2O. The fraction of sp³-hybridized carbons (Fsp3) is 0.462. The number of hydrogen-bond donors (Lipinski definition) is 1. The number of halogens is 2. The van der Waals surface area contributed by atoms with Gasteiger partial charge in [-0.05, 0) is 44.0 Å². The number of carbonyl (C=O) groups is 1. The van der Waals surface area contributed by atoms with Crippen LogP contribution in [0.5, 0.6) is 0 Å². The van der Waals surface area contributed by atoms with Crippen LogP contribution in [-0.2, 0) is 11.2 Å². The lowest BCUT2D eigenvalue weighted by Gasteiger charge is -2.25. The average Bonchev–Trinajstić information content (AvgIpc) is 2.27. The maximum absolute atomic E-state index is 13.5. The smallest absolute Gasteiger partial charge is 0.241 e. The van der Waals surface area contributed by atoms with Gasteiger partial charge >= 0.3 is 0 Å². The van der Waals surface area contributed by atoms with E-state index in [9.17, 15) is 9.18 Å². The fourth-order valence-corrected chi connectivity index (χ4v) is 2.03. The van der Waals surface area contributed by atoms with E-state index in [1.165, 1.54) is 11.0 Å². The van der Waals surface area contributed by atoms with Crippen molar-refractivity contribution >= 4 is 21.8 Å². The molecule has 0 aliphatic rings. The van der Waals surface area contributed by atoms with Gasteiger partial charge in [-0.2, -0.15) is 0 Å². The van der Waals surface area contributed by atoms with Crippen LogP contribution < -0.4 is 5.73 Å². The second-order valence-corrected chi connectivity index (χ2v) is 5.85. The van der Waals surface area contributed by atoms with Gasteiger partial charge in [0.15, 0.2) is 0 Å². The number of hydrogen-bond acceptors (Lipinski definition) is 2. The third-order valence-electron chi connectivity index (χ3n) is 2.62. The minimum Gasteiger partial charge on any atom is -0.344 e. The molecule has 5 heteroatoms. The van der Waals surface area contributed by atoms with Gasteiger partial charge in [0.05, 0.1) is 5.54 Å². The molecule has 0 aliphatic carbocycles. The molecule has 3 nitrogen and oxygen atoms in total. The van der Waals surface area contributed by atoms with E-state index >= 15 is 0 Å². The molecule has 0 unspecified atom stereocenters. The molecule has 1 rings (SSSR count). The van der Waals surface area contributed by atoms with Crippen LogP contribution in [0.4, 0.5) is 4.39 Å². The lowest BCUT2D eigenvalue weighted by Crippen LogP contribution is -2.50. The average molecular weight is 317 g/mol. The van der Waals surface area contributed by atoms with Crippen molar-refractivity contribution in [2.75, 3.05) is 13.6 Å². The van der Waals surface area contributed by atoms with Crippen LogP contribution in [0.3, 0.4) is 0 Å². The highest BCUT2D eigenvalue weighted by Gasteiger charge is 2.25. The molecule has 100 valence electrons. The molecule has 2 N–H and O–H groups in total. The highest BCUT2D eigenvalue weighted by molar-refractivity contribution is 9.10. The standard InChI is InChI=1S/C13H18BrFN2O/c1-13(2,16)12(18)17(3)7-6-9-8-10(14)4-5-11(9)15/h4-5,8H,6-7,16H2,1-3H3. The summed E-state index contributed by atoms with van der Waals surface area (Å²) in [5.74, 6) is -0.413. The number of carbonyl (C=O) groups excluding carboxylic acids is 1. The maximum atomic E-state index is 13.5. The minimum atomic E-state index is -0.898. The molecule has 0 heterocycles. The second kappa shape index (κ2) is 5.80. The third-order valence-corrected chi connectivity index (χ3v) is 3.12. The van der Waals surface area contributed by atoms with Crippen LogP contribution in [0.25, 0.3) is 0 Å². The Hall–Kier alpha value is -0.940. The molecule has 0 spiro atoms. The predicted molar refractivity (Wildman–Crippen MR) is 73.7 cm³/mol. The molecule has 0 saturated heterocycles. The summed E-state index contributed by atoms with van der Waals surface area (Å²) < 4.78 is 14.3. The first-order valence-electron chi connectivity index (χ1n) is 5.70. The van der Waals surface area contributed by atoms with Crippen molar-refractivity contribution < 1.29 is 9.18 Å². The normalized spacial score (nSPS) is 11.4. The first-order valence-corrected chi connectivity index (χ1v) is 6.49. The van der Waals surface area contributed by atoms with Gasteiger partial charge < -0.3 is 10.6 Å². The van der Waals surface area contributed by atoms with E-state index in [4.69, 9.17) is 5.73 Å². The van der Waals surface area contributed by atoms with Crippen molar-refractivity contribution in [1.82, 2.24) is 4.90 Å². The number of amides is 1. The van der Waals surface area contributed by atoms with E-state index in [2.05, 4.69) is 15.9 Å². The lowest BCUT2D eigenvalue weighted by molar-refractivity contribution is -0.134. The molecule has 0 fully saturated rings. The second-order valence-electron chi connectivity index (χ2n) is 4.93. The van der Waals surface area contributed by atoms with E-state index in [1.54, 1.807) is 33.0 Å². The summed E-state index contributed by atoms with van der Waals surface area (Å²) in [4.78, 5) is 13.4. The summed E-state index contributed by atoms with van der Waals surface area (Å²) in [5, 5.41) is 0. The Morgan fingerprint density at radius 2 is 2.11 bits per heavy atom. The van der Waals surface area contributed by atoms with Gasteiger partial charge in [0.1, 0.15) is 5.82 Å². The van der Waals surface area contributed by atoms with Gasteiger partial charge in [-0.15, -0.1) is 0 Å². The molecular weight excluding hydrogens is 299 g/mol. The van der Waals surface area contributed by atoms with Crippen LogP contribution in [0.2, 0.25) is 0 Å². The molecule has 0 saturated carbocycles. The van der Waals surface area contributed by atoms with Gasteiger partial charge in [0.25, 0.3) is 0 Å². The van der Waals surface area contributed by atoms with E-state index < -0.39 is 5.54 Å². The fourth-order valence-electron chi connectivity index (χ4n) is 1.62. The van der Waals surface area contributed by atoms with E-state index in [1.807, 2.05) is 0 Å². The van der Waals surface area contributed by atoms with E-state index in [-0.39, 0.29) is 11.7 Å². The molecule has 0 bridgehead atoms. The van der Waals surface area contributed by atoms with Crippen LogP contribution in [0, 0.1) is 5.82 Å². The first kappa shape index (κ1) is 15.1. The van der Waals surface area contributed by atoms with Crippen molar-refractivity contribution in [2.45, 2.75) is 25.8 Å². The van der Waals surface area contributed by atoms with Gasteiger partial charge in [-0.25, -0.2) is 4.39 Å². The quantitative estimate of drug-likeness (QED) is 0.926. The Morgan fingerprint density at radius 3 is 2.67 bits per heavy atom. The Bertz CT molecular complexity index is 443. The predicted octanol–water partition coefficient (Wildman–Crippen LogP) is 2.33. The summed E-state index contributed by atoms with van der Waals surface area (Å²) in [7, 11) is 1.67. The zero-order valence-electron chi connectivity index (χ0n) is 10.8. The molecule has 0 radical (unpaired) electrons. The summed E-state index contributed by atoms with van der Waals surface area (Å²) in [5.41, 5.74) is 5.41. The van der Waals surface area contributed by atoms with Crippen LogP contribution >= 0.6 is 15.9 Å². The third kappa shape index (κ3) is 4.07. The maximum Gasteiger partial charge on any atom is 0.241 e. The van der Waals surface area contributed by atoms with Crippen molar-refractivity contribution in [3.63, 3.8) is 0 Å². The summed E-state index contributed by atoms with van der Waals surface area (Å²) in [6, 6.07) is 4.78. The van der Waals surface area contributed by atoms with Gasteiger partial charge in [0, 0.05) is 18.1 Å². The van der Waals surface area contributed by atoms with E-state index in [0.717, 1.165) is 4.47 Å². The monoisotopic (exact) mass is 316 g/mol. The number of nitrogens with zero attached hydrogens (tertiary/aromatic N) is 1. The molecule has 0 aliphatic heterocycles. The van der Waals surface area contributed by atoms with Crippen molar-refractivity contribution in [1.29, 1.82) is 0 Å². The molecule has 1 aromatic carbocycles. The SMILES string of the molecule is CN(CCc1cc(Br)ccc1F)C(=O)C(C)(C)N.